The molecule has 1 unspecified atom stereocenters. The molecule has 3 aromatic carbocycles. The van der Waals surface area contributed by atoms with Gasteiger partial charge in [0.1, 0.15) is 18.4 Å². The quantitative estimate of drug-likeness (QED) is 0.283. The van der Waals surface area contributed by atoms with Gasteiger partial charge in [-0.05, 0) is 50.6 Å². The van der Waals surface area contributed by atoms with Crippen molar-refractivity contribution in [3.8, 4) is 0 Å². The van der Waals surface area contributed by atoms with Gasteiger partial charge in [-0.2, -0.15) is 13.2 Å². The molecule has 0 radical (unpaired) electrons. The number of alkyl halides is 3. The smallest absolute Gasteiger partial charge is 0.350 e. The Bertz CT molecular complexity index is 1560. The third kappa shape index (κ3) is 9.42. The van der Waals surface area contributed by atoms with Crippen LogP contribution in [0.3, 0.4) is 0 Å². The van der Waals surface area contributed by atoms with Crippen LogP contribution >= 0.6 is 11.6 Å². The van der Waals surface area contributed by atoms with E-state index in [1.807, 2.05) is 0 Å². The normalized spacial score (nSPS) is 12.9. The van der Waals surface area contributed by atoms with Crippen LogP contribution in [0.5, 0.6) is 0 Å². The summed E-state index contributed by atoms with van der Waals surface area (Å²) in [5, 5.41) is 2.17. The second kappa shape index (κ2) is 13.3. The molecule has 0 aliphatic heterocycles. The van der Waals surface area contributed by atoms with E-state index in [4.69, 9.17) is 11.6 Å². The Hall–Kier alpha value is -3.64. The van der Waals surface area contributed by atoms with Crippen molar-refractivity contribution in [2.24, 2.45) is 0 Å². The highest BCUT2D eigenvalue weighted by Crippen LogP contribution is 2.37. The van der Waals surface area contributed by atoms with Gasteiger partial charge in [0.15, 0.2) is 0 Å². The first-order valence-electron chi connectivity index (χ1n) is 13.1. The topological polar surface area (TPSA) is 86.8 Å². The van der Waals surface area contributed by atoms with E-state index in [1.54, 1.807) is 51.1 Å². The Morgan fingerprint density at radius 2 is 1.56 bits per heavy atom. The molecule has 1 atom stereocenters. The highest BCUT2D eigenvalue weighted by atomic mass is 35.5. The summed E-state index contributed by atoms with van der Waals surface area (Å²) < 4.78 is 81.8. The van der Waals surface area contributed by atoms with Crippen molar-refractivity contribution >= 4 is 39.1 Å². The van der Waals surface area contributed by atoms with Gasteiger partial charge in [-0.1, -0.05) is 60.1 Å². The lowest BCUT2D eigenvalue weighted by atomic mass is 10.0. The molecular formula is C30H32ClF4N3O4S. The molecular weight excluding hydrogens is 610 g/mol. The Balaban J connectivity index is 2.13. The zero-order valence-electron chi connectivity index (χ0n) is 24.0. The average Bonchev–Trinajstić information content (AvgIpc) is 2.89. The standard InChI is InChI=1S/C30H32ClF4N3O4S/c1-29(2,3)36-28(40)26(16-20-10-6-5-7-11-20)37(18-21-12-8-9-13-25(21)32)27(39)19-38(43(4,41)42)22-14-15-24(31)23(17-22)30(33,34)35/h5-15,17,26H,16,18-19H2,1-4H3,(H,36,40). The van der Waals surface area contributed by atoms with Crippen LogP contribution in [-0.4, -0.2) is 49.5 Å². The van der Waals surface area contributed by atoms with E-state index in [2.05, 4.69) is 5.32 Å². The number of rotatable bonds is 10. The van der Waals surface area contributed by atoms with Crippen LogP contribution in [0.2, 0.25) is 5.02 Å². The predicted octanol–water partition coefficient (Wildman–Crippen LogP) is 5.82. The van der Waals surface area contributed by atoms with Gasteiger partial charge in [-0.15, -0.1) is 0 Å². The fourth-order valence-corrected chi connectivity index (χ4v) is 5.38. The molecule has 0 bridgehead atoms. The second-order valence-electron chi connectivity index (χ2n) is 11.0. The van der Waals surface area contributed by atoms with E-state index in [0.717, 1.165) is 23.3 Å². The van der Waals surface area contributed by atoms with Crippen molar-refractivity contribution in [3.05, 3.63) is 100 Å². The van der Waals surface area contributed by atoms with Crippen molar-refractivity contribution in [2.45, 2.75) is 51.5 Å². The number of hydrogen-bond acceptors (Lipinski definition) is 4. The van der Waals surface area contributed by atoms with Gasteiger partial charge in [0.25, 0.3) is 0 Å². The summed E-state index contributed by atoms with van der Waals surface area (Å²) in [6.45, 7) is 3.81. The summed E-state index contributed by atoms with van der Waals surface area (Å²) >= 11 is 5.72. The molecule has 232 valence electrons. The molecule has 0 fully saturated rings. The van der Waals surface area contributed by atoms with E-state index in [1.165, 1.54) is 24.3 Å². The molecule has 3 rings (SSSR count). The van der Waals surface area contributed by atoms with Gasteiger partial charge in [-0.3, -0.25) is 13.9 Å². The van der Waals surface area contributed by atoms with Gasteiger partial charge < -0.3 is 10.2 Å². The third-order valence-electron chi connectivity index (χ3n) is 6.29. The SMILES string of the molecule is CC(C)(C)NC(=O)C(Cc1ccccc1)N(Cc1ccccc1F)C(=O)CN(c1ccc(Cl)c(C(F)(F)F)c1)S(C)(=O)=O. The van der Waals surface area contributed by atoms with Crippen molar-refractivity contribution < 1.29 is 35.6 Å². The summed E-state index contributed by atoms with van der Waals surface area (Å²) in [6, 6.07) is 15.5. The Kier molecular flexibility index (Phi) is 10.5. The molecule has 7 nitrogen and oxygen atoms in total. The molecule has 0 heterocycles. The molecule has 0 saturated carbocycles. The maximum absolute atomic E-state index is 14.8. The maximum atomic E-state index is 14.8. The number of benzene rings is 3. The summed E-state index contributed by atoms with van der Waals surface area (Å²) in [6.07, 6.45) is -4.18. The molecule has 0 aromatic heterocycles. The molecule has 0 aliphatic carbocycles. The predicted molar refractivity (Wildman–Crippen MR) is 157 cm³/mol. The number of anilines is 1. The third-order valence-corrected chi connectivity index (χ3v) is 7.76. The van der Waals surface area contributed by atoms with Gasteiger partial charge in [0, 0.05) is 24.1 Å². The zero-order chi connectivity index (χ0) is 32.2. The molecule has 0 aliphatic rings. The van der Waals surface area contributed by atoms with Crippen molar-refractivity contribution in [3.63, 3.8) is 0 Å². The maximum Gasteiger partial charge on any atom is 0.417 e. The largest absolute Gasteiger partial charge is 0.417 e. The van der Waals surface area contributed by atoms with Crippen molar-refractivity contribution in [2.75, 3.05) is 17.1 Å². The minimum Gasteiger partial charge on any atom is -0.350 e. The number of sulfonamides is 1. The number of carbonyl (C=O) groups excluding carboxylic acids is 2. The molecule has 0 spiro atoms. The summed E-state index contributed by atoms with van der Waals surface area (Å²) in [7, 11) is -4.34. The van der Waals surface area contributed by atoms with Gasteiger partial charge in [0.2, 0.25) is 21.8 Å². The van der Waals surface area contributed by atoms with Crippen LogP contribution in [0, 0.1) is 5.82 Å². The molecule has 2 amide bonds. The van der Waals surface area contributed by atoms with E-state index in [9.17, 15) is 35.6 Å². The first-order valence-corrected chi connectivity index (χ1v) is 15.3. The average molecular weight is 642 g/mol. The molecule has 1 N–H and O–H groups in total. The van der Waals surface area contributed by atoms with Gasteiger partial charge >= 0.3 is 6.18 Å². The number of nitrogens with one attached hydrogen (secondary N) is 1. The number of halogens is 5. The lowest BCUT2D eigenvalue weighted by Crippen LogP contribution is -2.56. The number of amides is 2. The zero-order valence-corrected chi connectivity index (χ0v) is 25.5. The van der Waals surface area contributed by atoms with E-state index in [0.29, 0.717) is 15.9 Å². The van der Waals surface area contributed by atoms with Crippen LogP contribution in [0.25, 0.3) is 0 Å². The minimum atomic E-state index is -4.90. The Morgan fingerprint density at radius 1 is 0.953 bits per heavy atom. The molecule has 3 aromatic rings. The first kappa shape index (κ1) is 33.9. The van der Waals surface area contributed by atoms with Gasteiger partial charge in [-0.25, -0.2) is 12.8 Å². The molecule has 0 saturated heterocycles. The lowest BCUT2D eigenvalue weighted by Gasteiger charge is -2.35. The molecule has 13 heteroatoms. The van der Waals surface area contributed by atoms with E-state index >= 15 is 0 Å². The monoisotopic (exact) mass is 641 g/mol. The lowest BCUT2D eigenvalue weighted by molar-refractivity contribution is -0.140. The van der Waals surface area contributed by atoms with Crippen LogP contribution < -0.4 is 9.62 Å². The summed E-state index contributed by atoms with van der Waals surface area (Å²) in [5.74, 6) is -2.19. The Labute approximate surface area is 253 Å². The number of carbonyl (C=O) groups is 2. The van der Waals surface area contributed by atoms with Crippen LogP contribution in [0.1, 0.15) is 37.5 Å². The number of hydrogen-bond donors (Lipinski definition) is 1. The number of nitrogens with zero attached hydrogens (tertiary/aromatic N) is 2. The van der Waals surface area contributed by atoms with E-state index < -0.39 is 74.8 Å². The van der Waals surface area contributed by atoms with Gasteiger partial charge in [0.05, 0.1) is 22.5 Å². The van der Waals surface area contributed by atoms with Crippen LogP contribution in [-0.2, 0) is 38.8 Å². The first-order chi connectivity index (χ1) is 19.9. The Morgan fingerprint density at radius 3 is 2.12 bits per heavy atom. The van der Waals surface area contributed by atoms with Crippen LogP contribution in [0.4, 0.5) is 23.2 Å². The fourth-order valence-electron chi connectivity index (χ4n) is 4.32. The minimum absolute atomic E-state index is 0.0129. The second-order valence-corrected chi connectivity index (χ2v) is 13.3. The highest BCUT2D eigenvalue weighted by Gasteiger charge is 2.37. The summed E-state index contributed by atoms with van der Waals surface area (Å²) in [5.41, 5.74) is -1.77. The highest BCUT2D eigenvalue weighted by molar-refractivity contribution is 7.92. The van der Waals surface area contributed by atoms with E-state index in [-0.39, 0.29) is 12.0 Å². The van der Waals surface area contributed by atoms with Crippen LogP contribution in [0.15, 0.2) is 72.8 Å². The fraction of sp³-hybridized carbons (Fsp3) is 0.333. The summed E-state index contributed by atoms with van der Waals surface area (Å²) in [4.78, 5) is 28.7. The van der Waals surface area contributed by atoms with Crippen molar-refractivity contribution in [1.29, 1.82) is 0 Å². The molecule has 43 heavy (non-hydrogen) atoms. The van der Waals surface area contributed by atoms with Crippen molar-refractivity contribution in [1.82, 2.24) is 10.2 Å².